The lowest BCUT2D eigenvalue weighted by atomic mass is 10.0. The summed E-state index contributed by atoms with van der Waals surface area (Å²) in [6.07, 6.45) is -0.228. The molecule has 0 heterocycles. The van der Waals surface area contributed by atoms with Crippen molar-refractivity contribution >= 4 is 17.8 Å². The number of nitrogens with zero attached hydrogens (tertiary/aromatic N) is 1. The molecule has 1 atom stereocenters. The van der Waals surface area contributed by atoms with Gasteiger partial charge < -0.3 is 14.8 Å². The number of carbonyl (C=O) groups excluding carboxylic acids is 3. The molecule has 1 unspecified atom stereocenters. The van der Waals surface area contributed by atoms with Crippen molar-refractivity contribution in [3.63, 3.8) is 0 Å². The van der Waals surface area contributed by atoms with Crippen LogP contribution in [0.1, 0.15) is 16.8 Å². The summed E-state index contributed by atoms with van der Waals surface area (Å²) in [4.78, 5) is 35.1. The maximum absolute atomic E-state index is 12.0. The third-order valence-corrected chi connectivity index (χ3v) is 2.94. The number of amides is 1. The number of benzene rings is 1. The molecule has 7 nitrogen and oxygen atoms in total. The lowest BCUT2D eigenvalue weighted by molar-refractivity contribution is -0.159. The van der Waals surface area contributed by atoms with E-state index in [9.17, 15) is 14.4 Å². The summed E-state index contributed by atoms with van der Waals surface area (Å²) in [5.41, 5.74) is 0.371. The fraction of sp³-hybridized carbons (Fsp3) is 0.333. The Bertz CT molecular complexity index is 563. The fourth-order valence-corrected chi connectivity index (χ4v) is 1.78. The first-order valence-corrected chi connectivity index (χ1v) is 6.44. The third kappa shape index (κ3) is 4.59. The molecule has 0 spiro atoms. The van der Waals surface area contributed by atoms with E-state index in [1.807, 2.05) is 6.07 Å². The summed E-state index contributed by atoms with van der Waals surface area (Å²) < 4.78 is 9.02. The molecule has 7 heteroatoms. The Labute approximate surface area is 127 Å². The summed E-state index contributed by atoms with van der Waals surface area (Å²) in [6, 6.07) is 9.10. The Balaban J connectivity index is 2.79. The maximum atomic E-state index is 12.0. The van der Waals surface area contributed by atoms with Crippen molar-refractivity contribution in [3.8, 4) is 6.07 Å². The topological polar surface area (TPSA) is 105 Å². The van der Waals surface area contributed by atoms with Gasteiger partial charge in [-0.25, -0.2) is 0 Å². The maximum Gasteiger partial charge on any atom is 0.320 e. The van der Waals surface area contributed by atoms with Crippen LogP contribution in [0.15, 0.2) is 30.3 Å². The minimum Gasteiger partial charge on any atom is -0.468 e. The van der Waals surface area contributed by atoms with Crippen LogP contribution in [0.4, 0.5) is 0 Å². The lowest BCUT2D eigenvalue weighted by Crippen LogP contribution is -2.39. The summed E-state index contributed by atoms with van der Waals surface area (Å²) >= 11 is 0. The van der Waals surface area contributed by atoms with Crippen molar-refractivity contribution in [1.29, 1.82) is 5.26 Å². The normalized spacial score (nSPS) is 11.2. The number of hydrogen-bond donors (Lipinski definition) is 1. The quantitative estimate of drug-likeness (QED) is 0.611. The van der Waals surface area contributed by atoms with E-state index in [1.54, 1.807) is 30.3 Å². The number of nitrogens with one attached hydrogen (secondary N) is 1. The number of rotatable bonds is 6. The van der Waals surface area contributed by atoms with Crippen molar-refractivity contribution in [1.82, 2.24) is 5.32 Å². The largest absolute Gasteiger partial charge is 0.468 e. The van der Waals surface area contributed by atoms with E-state index in [0.717, 1.165) is 14.2 Å². The average molecular weight is 304 g/mol. The van der Waals surface area contributed by atoms with E-state index < -0.39 is 29.8 Å². The molecular formula is C15H16N2O5. The van der Waals surface area contributed by atoms with Crippen molar-refractivity contribution in [2.45, 2.75) is 12.5 Å². The summed E-state index contributed by atoms with van der Waals surface area (Å²) in [5.74, 6) is -3.38. The summed E-state index contributed by atoms with van der Waals surface area (Å²) in [7, 11) is 2.25. The van der Waals surface area contributed by atoms with Crippen LogP contribution in [-0.2, 0) is 19.1 Å². The van der Waals surface area contributed by atoms with Gasteiger partial charge in [-0.2, -0.15) is 5.26 Å². The lowest BCUT2D eigenvalue weighted by Gasteiger charge is -2.16. The molecule has 0 aromatic heterocycles. The van der Waals surface area contributed by atoms with Gasteiger partial charge in [-0.1, -0.05) is 18.2 Å². The van der Waals surface area contributed by atoms with Crippen LogP contribution in [0.25, 0.3) is 0 Å². The molecule has 0 radical (unpaired) electrons. The SMILES string of the molecule is COC(=O)C(CC(C#N)NC(=O)c1ccccc1)C(=O)OC. The number of esters is 2. The summed E-state index contributed by atoms with van der Waals surface area (Å²) in [5, 5.41) is 11.6. The van der Waals surface area contributed by atoms with E-state index in [1.165, 1.54) is 0 Å². The van der Waals surface area contributed by atoms with E-state index in [0.29, 0.717) is 5.56 Å². The zero-order valence-corrected chi connectivity index (χ0v) is 12.2. The van der Waals surface area contributed by atoms with Gasteiger partial charge in [0.2, 0.25) is 0 Å². The zero-order valence-electron chi connectivity index (χ0n) is 12.2. The molecule has 116 valence electrons. The molecule has 1 N–H and O–H groups in total. The highest BCUT2D eigenvalue weighted by molar-refractivity contribution is 5.96. The Kier molecular flexibility index (Phi) is 6.57. The highest BCUT2D eigenvalue weighted by Crippen LogP contribution is 2.12. The van der Waals surface area contributed by atoms with Crippen molar-refractivity contribution in [2.24, 2.45) is 5.92 Å². The monoisotopic (exact) mass is 304 g/mol. The molecule has 1 rings (SSSR count). The Morgan fingerprint density at radius 2 is 1.68 bits per heavy atom. The van der Waals surface area contributed by atoms with Gasteiger partial charge in [0.15, 0.2) is 5.92 Å². The van der Waals surface area contributed by atoms with Crippen LogP contribution in [0.5, 0.6) is 0 Å². The molecule has 0 aliphatic heterocycles. The zero-order chi connectivity index (χ0) is 16.5. The molecule has 0 bridgehead atoms. The van der Waals surface area contributed by atoms with Gasteiger partial charge in [0.05, 0.1) is 20.3 Å². The molecule has 0 saturated carbocycles. The minimum absolute atomic E-state index is 0.228. The first-order chi connectivity index (χ1) is 10.5. The van der Waals surface area contributed by atoms with Gasteiger partial charge in [0, 0.05) is 12.0 Å². The van der Waals surface area contributed by atoms with Crippen LogP contribution in [0.2, 0.25) is 0 Å². The van der Waals surface area contributed by atoms with Gasteiger partial charge >= 0.3 is 11.9 Å². The van der Waals surface area contributed by atoms with Crippen LogP contribution in [-0.4, -0.2) is 38.1 Å². The Hall–Kier alpha value is -2.88. The second kappa shape index (κ2) is 8.42. The highest BCUT2D eigenvalue weighted by Gasteiger charge is 2.32. The molecule has 0 aliphatic carbocycles. The molecule has 1 aromatic rings. The van der Waals surface area contributed by atoms with E-state index in [4.69, 9.17) is 5.26 Å². The van der Waals surface area contributed by atoms with Crippen LogP contribution in [0, 0.1) is 17.2 Å². The van der Waals surface area contributed by atoms with Crippen LogP contribution in [0.3, 0.4) is 0 Å². The minimum atomic E-state index is -1.27. The smallest absolute Gasteiger partial charge is 0.320 e. The van der Waals surface area contributed by atoms with Crippen molar-refractivity contribution in [2.75, 3.05) is 14.2 Å². The Morgan fingerprint density at radius 1 is 1.14 bits per heavy atom. The van der Waals surface area contributed by atoms with Crippen LogP contribution < -0.4 is 5.32 Å². The Morgan fingerprint density at radius 3 is 2.14 bits per heavy atom. The highest BCUT2D eigenvalue weighted by atomic mass is 16.5. The number of hydrogen-bond acceptors (Lipinski definition) is 6. The molecule has 22 heavy (non-hydrogen) atoms. The van der Waals surface area contributed by atoms with E-state index in [2.05, 4.69) is 14.8 Å². The number of carbonyl (C=O) groups is 3. The van der Waals surface area contributed by atoms with Crippen molar-refractivity contribution < 1.29 is 23.9 Å². The van der Waals surface area contributed by atoms with Gasteiger partial charge in [0.1, 0.15) is 6.04 Å². The molecule has 0 aliphatic rings. The summed E-state index contributed by atoms with van der Waals surface area (Å²) in [6.45, 7) is 0. The van der Waals surface area contributed by atoms with Gasteiger partial charge in [0.25, 0.3) is 5.91 Å². The standard InChI is InChI=1S/C15H16N2O5/c1-21-14(19)12(15(20)22-2)8-11(9-16)17-13(18)10-6-4-3-5-7-10/h3-7,11-12H,8H2,1-2H3,(H,17,18). The third-order valence-electron chi connectivity index (χ3n) is 2.94. The second-order valence-electron chi connectivity index (χ2n) is 4.36. The van der Waals surface area contributed by atoms with E-state index >= 15 is 0 Å². The predicted molar refractivity (Wildman–Crippen MR) is 75.4 cm³/mol. The molecular weight excluding hydrogens is 288 g/mol. The van der Waals surface area contributed by atoms with Gasteiger partial charge in [-0.3, -0.25) is 14.4 Å². The fourth-order valence-electron chi connectivity index (χ4n) is 1.78. The number of methoxy groups -OCH3 is 2. The number of nitriles is 1. The van der Waals surface area contributed by atoms with Crippen molar-refractivity contribution in [3.05, 3.63) is 35.9 Å². The van der Waals surface area contributed by atoms with Crippen LogP contribution >= 0.6 is 0 Å². The molecule has 1 aromatic carbocycles. The molecule has 0 fully saturated rings. The predicted octanol–water partition coefficient (Wildman–Crippen LogP) is 0.661. The molecule has 0 saturated heterocycles. The van der Waals surface area contributed by atoms with Gasteiger partial charge in [-0.15, -0.1) is 0 Å². The first kappa shape index (κ1) is 17.2. The van der Waals surface area contributed by atoms with E-state index in [-0.39, 0.29) is 6.42 Å². The molecule has 1 amide bonds. The number of ether oxygens (including phenoxy) is 2. The van der Waals surface area contributed by atoms with Gasteiger partial charge in [-0.05, 0) is 12.1 Å². The second-order valence-corrected chi connectivity index (χ2v) is 4.36. The average Bonchev–Trinajstić information content (AvgIpc) is 2.57. The first-order valence-electron chi connectivity index (χ1n) is 6.44.